The fourth-order valence-corrected chi connectivity index (χ4v) is 4.74. The number of pyridine rings is 1. The van der Waals surface area contributed by atoms with Crippen molar-refractivity contribution in [3.8, 4) is 0 Å². The van der Waals surface area contributed by atoms with Gasteiger partial charge in [0.1, 0.15) is 5.52 Å². The van der Waals surface area contributed by atoms with Gasteiger partial charge in [-0.1, -0.05) is 12.1 Å². The van der Waals surface area contributed by atoms with Crippen molar-refractivity contribution < 1.29 is 4.79 Å². The molecule has 158 valence electrons. The van der Waals surface area contributed by atoms with Crippen molar-refractivity contribution in [2.75, 3.05) is 23.4 Å². The summed E-state index contributed by atoms with van der Waals surface area (Å²) in [6.07, 6.45) is 6.29. The van der Waals surface area contributed by atoms with Crippen LogP contribution in [-0.2, 0) is 7.05 Å². The van der Waals surface area contributed by atoms with E-state index in [2.05, 4.69) is 20.4 Å². The summed E-state index contributed by atoms with van der Waals surface area (Å²) < 4.78 is 1.88. The van der Waals surface area contributed by atoms with Gasteiger partial charge in [0.15, 0.2) is 5.82 Å². The van der Waals surface area contributed by atoms with Crippen molar-refractivity contribution >= 4 is 40.9 Å². The normalized spacial score (nSPS) is 20.5. The molecular weight excluding hydrogens is 392 g/mol. The second-order valence-corrected chi connectivity index (χ2v) is 7.92. The topological polar surface area (TPSA) is 103 Å². The van der Waals surface area contributed by atoms with Crippen LogP contribution in [0.2, 0.25) is 0 Å². The van der Waals surface area contributed by atoms with Crippen LogP contribution < -0.4 is 10.3 Å². The summed E-state index contributed by atoms with van der Waals surface area (Å²) in [5.74, 6) is 0.912. The summed E-state index contributed by atoms with van der Waals surface area (Å²) >= 11 is 0. The molecule has 0 saturated carbocycles. The number of hydrazone groups is 1. The lowest BCUT2D eigenvalue weighted by Crippen LogP contribution is -2.55. The first-order valence-electron chi connectivity index (χ1n) is 10.4. The van der Waals surface area contributed by atoms with Crippen LogP contribution in [0.25, 0.3) is 11.0 Å². The fourth-order valence-electron chi connectivity index (χ4n) is 4.74. The number of carbonyl (C=O) groups is 1. The van der Waals surface area contributed by atoms with Gasteiger partial charge in [-0.2, -0.15) is 10.2 Å². The van der Waals surface area contributed by atoms with Gasteiger partial charge in [-0.15, -0.1) is 0 Å². The van der Waals surface area contributed by atoms with Crippen molar-refractivity contribution in [1.82, 2.24) is 19.7 Å². The molecule has 2 aromatic heterocycles. The number of likely N-dealkylation sites (tertiary alicyclic amines) is 1. The average Bonchev–Trinajstić information content (AvgIpc) is 3.26. The van der Waals surface area contributed by atoms with Gasteiger partial charge in [-0.25, -0.2) is 0 Å². The zero-order chi connectivity index (χ0) is 21.4. The van der Waals surface area contributed by atoms with E-state index in [0.29, 0.717) is 24.3 Å². The summed E-state index contributed by atoms with van der Waals surface area (Å²) in [6, 6.07) is 11.8. The van der Waals surface area contributed by atoms with Crippen LogP contribution in [0.15, 0.2) is 47.7 Å². The van der Waals surface area contributed by atoms with Crippen LogP contribution in [0, 0.1) is 5.41 Å². The first-order chi connectivity index (χ1) is 15.2. The number of hydrogen-bond donors (Lipinski definition) is 2. The summed E-state index contributed by atoms with van der Waals surface area (Å²) in [6.45, 7) is 1.30. The van der Waals surface area contributed by atoms with E-state index in [9.17, 15) is 4.79 Å². The van der Waals surface area contributed by atoms with Gasteiger partial charge in [0.25, 0.3) is 5.91 Å². The van der Waals surface area contributed by atoms with E-state index in [0.717, 1.165) is 35.9 Å². The summed E-state index contributed by atoms with van der Waals surface area (Å²) in [5, 5.41) is 15.8. The quantitative estimate of drug-likeness (QED) is 0.491. The first kappa shape index (κ1) is 19.2. The number of nitrogens with zero attached hydrogens (tertiary/aromatic N) is 6. The third kappa shape index (κ3) is 3.31. The number of anilines is 2. The highest BCUT2D eigenvalue weighted by Crippen LogP contribution is 2.37. The maximum atomic E-state index is 13.4. The molecular formula is C22H24N8O. The van der Waals surface area contributed by atoms with Gasteiger partial charge in [0.2, 0.25) is 0 Å². The number of nitrogens with one attached hydrogen (secondary N) is 2. The molecule has 2 unspecified atom stereocenters. The molecule has 0 spiro atoms. The molecule has 2 saturated heterocycles. The van der Waals surface area contributed by atoms with E-state index < -0.39 is 0 Å². The molecule has 2 aliphatic heterocycles. The second kappa shape index (κ2) is 7.82. The molecule has 31 heavy (non-hydrogen) atoms. The predicted octanol–water partition coefficient (Wildman–Crippen LogP) is 2.51. The lowest BCUT2D eigenvalue weighted by molar-refractivity contribution is 0.0718. The minimum Gasteiger partial charge on any atom is -0.344 e. The van der Waals surface area contributed by atoms with E-state index >= 15 is 0 Å². The molecule has 2 fully saturated rings. The Kier molecular flexibility index (Phi) is 4.85. The molecule has 2 bridgehead atoms. The number of rotatable bonds is 5. The number of carbonyl (C=O) groups excluding carboxylic acids is 1. The molecule has 9 heteroatoms. The molecule has 5 rings (SSSR count). The summed E-state index contributed by atoms with van der Waals surface area (Å²) in [7, 11) is 1.94. The Morgan fingerprint density at radius 1 is 1.19 bits per heavy atom. The van der Waals surface area contributed by atoms with Crippen LogP contribution in [0.5, 0.6) is 0 Å². The second-order valence-electron chi connectivity index (χ2n) is 7.92. The number of para-hydroxylation sites is 1. The number of aryl methyl sites for hydroxylation is 1. The van der Waals surface area contributed by atoms with Crippen LogP contribution >= 0.6 is 0 Å². The molecule has 9 nitrogen and oxygen atoms in total. The minimum absolute atomic E-state index is 0.00583. The Morgan fingerprint density at radius 3 is 2.74 bits per heavy atom. The van der Waals surface area contributed by atoms with Crippen LogP contribution in [0.3, 0.4) is 0 Å². The lowest BCUT2D eigenvalue weighted by Gasteiger charge is -2.41. The highest BCUT2D eigenvalue weighted by atomic mass is 16.2. The molecule has 4 heterocycles. The van der Waals surface area contributed by atoms with Crippen LogP contribution in [0.4, 0.5) is 11.5 Å². The van der Waals surface area contributed by atoms with Crippen molar-refractivity contribution in [2.45, 2.75) is 24.9 Å². The highest BCUT2D eigenvalue weighted by molar-refractivity contribution is 6.14. The number of amides is 1. The predicted molar refractivity (Wildman–Crippen MR) is 121 cm³/mol. The monoisotopic (exact) mass is 416 g/mol. The summed E-state index contributed by atoms with van der Waals surface area (Å²) in [4.78, 5) is 22.3. The molecule has 0 aliphatic carbocycles. The molecule has 2 atom stereocenters. The zero-order valence-electron chi connectivity index (χ0n) is 17.3. The zero-order valence-corrected chi connectivity index (χ0v) is 17.3. The maximum absolute atomic E-state index is 13.4. The van der Waals surface area contributed by atoms with Gasteiger partial charge in [0, 0.05) is 44.6 Å². The largest absolute Gasteiger partial charge is 0.344 e. The Labute approximate surface area is 179 Å². The third-order valence-electron chi connectivity index (χ3n) is 6.10. The highest BCUT2D eigenvalue weighted by Gasteiger charge is 2.43. The fraction of sp³-hybridized carbons (Fsp3) is 0.318. The Hall–Kier alpha value is -3.75. The van der Waals surface area contributed by atoms with E-state index in [-0.39, 0.29) is 18.0 Å². The molecule has 3 aromatic rings. The van der Waals surface area contributed by atoms with Crippen molar-refractivity contribution in [2.24, 2.45) is 12.1 Å². The van der Waals surface area contributed by atoms with E-state index in [1.54, 1.807) is 6.20 Å². The molecule has 1 aromatic carbocycles. The number of fused-ring (bicyclic) bond motifs is 3. The Balaban J connectivity index is 1.40. The Bertz CT molecular complexity index is 1160. The number of piperazine rings is 1. The number of benzene rings is 1. The van der Waals surface area contributed by atoms with Gasteiger partial charge in [-0.05, 0) is 37.1 Å². The first-order valence-corrected chi connectivity index (χ1v) is 10.4. The van der Waals surface area contributed by atoms with Crippen molar-refractivity contribution in [1.29, 1.82) is 5.41 Å². The van der Waals surface area contributed by atoms with E-state index in [1.807, 2.05) is 53.0 Å². The minimum atomic E-state index is -0.00583. The number of hydrogen-bond acceptors (Lipinski definition) is 7. The van der Waals surface area contributed by atoms with Gasteiger partial charge in [0.05, 0.1) is 23.0 Å². The molecule has 0 radical (unpaired) electrons. The van der Waals surface area contributed by atoms with Crippen LogP contribution in [0.1, 0.15) is 23.2 Å². The lowest BCUT2D eigenvalue weighted by atomic mass is 10.1. The molecule has 2 N–H and O–H groups in total. The van der Waals surface area contributed by atoms with Crippen molar-refractivity contribution in [3.63, 3.8) is 0 Å². The molecule has 2 aliphatic rings. The van der Waals surface area contributed by atoms with Crippen LogP contribution in [-0.4, -0.2) is 63.2 Å². The molecule has 1 amide bonds. The standard InChI is InChI=1S/C22H24N8O/c1-28-19-7-4-11-24-20(19)21(27-28)30-15-8-9-16(30)14-29(13-15)22(31)17-5-2-3-6-18(17)26-25-12-10-23/h2-7,10-12,15-16,23,26H,8-9,13-14H2,1H3/b23-10?,25-12-. The maximum Gasteiger partial charge on any atom is 0.256 e. The smallest absolute Gasteiger partial charge is 0.256 e. The van der Waals surface area contributed by atoms with Crippen molar-refractivity contribution in [3.05, 3.63) is 48.2 Å². The third-order valence-corrected chi connectivity index (χ3v) is 6.10. The van der Waals surface area contributed by atoms with Gasteiger partial charge < -0.3 is 15.2 Å². The van der Waals surface area contributed by atoms with Gasteiger partial charge >= 0.3 is 0 Å². The number of aromatic nitrogens is 3. The SMILES string of the molecule is Cn1nc(N2C3CCC2CN(C(=O)c2ccccc2N/N=C\C=N)C3)c2ncccc21. The Morgan fingerprint density at radius 2 is 1.97 bits per heavy atom. The van der Waals surface area contributed by atoms with E-state index in [1.165, 1.54) is 6.21 Å². The average molecular weight is 416 g/mol. The summed E-state index contributed by atoms with van der Waals surface area (Å²) in [5.41, 5.74) is 6.03. The van der Waals surface area contributed by atoms with Gasteiger partial charge in [-0.3, -0.25) is 19.9 Å². The van der Waals surface area contributed by atoms with E-state index in [4.69, 9.17) is 10.5 Å².